The highest BCUT2D eigenvalue weighted by Crippen LogP contribution is 2.30. The highest BCUT2D eigenvalue weighted by atomic mass is 19.2. The maximum Gasteiger partial charge on any atom is 0.206 e. The number of rotatable bonds is 8. The molecule has 0 heterocycles. The summed E-state index contributed by atoms with van der Waals surface area (Å²) < 4.78 is 129. The number of nitrogens with one attached hydrogen (secondary N) is 1. The van der Waals surface area contributed by atoms with Crippen LogP contribution in [-0.4, -0.2) is 26.3 Å². The van der Waals surface area contributed by atoms with Gasteiger partial charge in [0.1, 0.15) is 13.2 Å². The van der Waals surface area contributed by atoms with E-state index in [9.17, 15) is 39.5 Å². The van der Waals surface area contributed by atoms with Crippen LogP contribution in [0.15, 0.2) is 0 Å². The van der Waals surface area contributed by atoms with Crippen molar-refractivity contribution in [1.29, 1.82) is 0 Å². The number of halogens is 9. The van der Waals surface area contributed by atoms with Gasteiger partial charge in [-0.2, -0.15) is 17.6 Å². The summed E-state index contributed by atoms with van der Waals surface area (Å²) in [6.07, 6.45) is 0. The predicted octanol–water partition coefficient (Wildman–Crippen LogP) is 4.29. The van der Waals surface area contributed by atoms with Crippen LogP contribution >= 0.6 is 0 Å². The van der Waals surface area contributed by atoms with E-state index in [-0.39, 0.29) is 13.1 Å². The van der Waals surface area contributed by atoms with Crippen molar-refractivity contribution in [3.8, 4) is 11.5 Å². The Hall–Kier alpha value is -2.63. The van der Waals surface area contributed by atoms with E-state index in [1.165, 1.54) is 0 Å². The fourth-order valence-electron chi connectivity index (χ4n) is 2.14. The Balaban J connectivity index is 1.84. The second-order valence-corrected chi connectivity index (χ2v) is 5.56. The molecule has 0 unspecified atom stereocenters. The van der Waals surface area contributed by atoms with Gasteiger partial charge >= 0.3 is 0 Å². The SMILES string of the molecule is Cc1c(F)c(F)c(OCCNCCOc2c(F)c(F)c(F)c(F)c2F)c(F)c1F. The van der Waals surface area contributed by atoms with Gasteiger partial charge in [-0.05, 0) is 6.92 Å². The van der Waals surface area contributed by atoms with Gasteiger partial charge in [-0.15, -0.1) is 0 Å². The molecule has 0 aliphatic heterocycles. The predicted molar refractivity (Wildman–Crippen MR) is 81.1 cm³/mol. The van der Waals surface area contributed by atoms with E-state index in [2.05, 4.69) is 14.8 Å². The highest BCUT2D eigenvalue weighted by Gasteiger charge is 2.27. The van der Waals surface area contributed by atoms with Crippen molar-refractivity contribution in [3.05, 3.63) is 57.9 Å². The van der Waals surface area contributed by atoms with Crippen LogP contribution in [0.1, 0.15) is 5.56 Å². The number of hydrogen-bond acceptors (Lipinski definition) is 3. The van der Waals surface area contributed by atoms with Crippen molar-refractivity contribution in [2.75, 3.05) is 26.3 Å². The van der Waals surface area contributed by atoms with Crippen LogP contribution < -0.4 is 14.8 Å². The minimum Gasteiger partial charge on any atom is -0.486 e. The molecule has 0 aliphatic carbocycles. The van der Waals surface area contributed by atoms with E-state index in [1.807, 2.05) is 0 Å². The van der Waals surface area contributed by atoms with Gasteiger partial charge in [0.2, 0.25) is 40.7 Å². The summed E-state index contributed by atoms with van der Waals surface area (Å²) in [6.45, 7) is -0.555. The normalized spacial score (nSPS) is 11.1. The number of ether oxygens (including phenoxy) is 2. The molecule has 2 rings (SSSR count). The highest BCUT2D eigenvalue weighted by molar-refractivity contribution is 5.33. The molecule has 1 N–H and O–H groups in total. The topological polar surface area (TPSA) is 30.5 Å². The largest absolute Gasteiger partial charge is 0.486 e. The van der Waals surface area contributed by atoms with Gasteiger partial charge < -0.3 is 14.8 Å². The molecule has 0 saturated heterocycles. The van der Waals surface area contributed by atoms with Crippen LogP contribution in [0.5, 0.6) is 11.5 Å². The van der Waals surface area contributed by atoms with Crippen LogP contribution in [-0.2, 0) is 0 Å². The lowest BCUT2D eigenvalue weighted by Crippen LogP contribution is -2.26. The summed E-state index contributed by atoms with van der Waals surface area (Å²) in [5.74, 6) is -20.3. The van der Waals surface area contributed by atoms with E-state index in [0.717, 1.165) is 6.92 Å². The van der Waals surface area contributed by atoms with Gasteiger partial charge in [0.25, 0.3) is 0 Å². The molecule has 0 atom stereocenters. The van der Waals surface area contributed by atoms with Crippen molar-refractivity contribution in [2.24, 2.45) is 0 Å². The third-order valence-electron chi connectivity index (χ3n) is 3.66. The van der Waals surface area contributed by atoms with Crippen molar-refractivity contribution < 1.29 is 49.0 Å². The van der Waals surface area contributed by atoms with Gasteiger partial charge in [-0.3, -0.25) is 0 Å². The van der Waals surface area contributed by atoms with Crippen LogP contribution in [0.25, 0.3) is 0 Å². The summed E-state index contributed by atoms with van der Waals surface area (Å²) >= 11 is 0. The van der Waals surface area contributed by atoms with E-state index in [0.29, 0.717) is 0 Å². The molecule has 3 nitrogen and oxygen atoms in total. The zero-order valence-electron chi connectivity index (χ0n) is 14.5. The quantitative estimate of drug-likeness (QED) is 0.292. The molecule has 160 valence electrons. The lowest BCUT2D eigenvalue weighted by molar-refractivity contribution is 0.248. The Kier molecular flexibility index (Phi) is 7.22. The van der Waals surface area contributed by atoms with Gasteiger partial charge in [0.15, 0.2) is 23.1 Å². The lowest BCUT2D eigenvalue weighted by atomic mass is 10.2. The van der Waals surface area contributed by atoms with E-state index in [4.69, 9.17) is 0 Å². The van der Waals surface area contributed by atoms with Crippen molar-refractivity contribution in [2.45, 2.75) is 6.92 Å². The molecular weight excluding hydrogens is 421 g/mol. The molecule has 2 aromatic rings. The first-order chi connectivity index (χ1) is 13.6. The third-order valence-corrected chi connectivity index (χ3v) is 3.66. The van der Waals surface area contributed by atoms with Crippen LogP contribution in [0, 0.1) is 59.3 Å². The molecule has 12 heteroatoms. The van der Waals surface area contributed by atoms with Gasteiger partial charge in [0.05, 0.1) is 0 Å². The van der Waals surface area contributed by atoms with Crippen molar-refractivity contribution >= 4 is 0 Å². The molecule has 2 aromatic carbocycles. The maximum absolute atomic E-state index is 13.6. The summed E-state index contributed by atoms with van der Waals surface area (Å²) in [4.78, 5) is 0. The van der Waals surface area contributed by atoms with E-state index in [1.54, 1.807) is 0 Å². The summed E-state index contributed by atoms with van der Waals surface area (Å²) in [5.41, 5.74) is -0.851. The molecule has 0 saturated carbocycles. The molecule has 0 amide bonds. The number of hydrogen-bond donors (Lipinski definition) is 1. The monoisotopic (exact) mass is 433 g/mol. The Bertz CT molecular complexity index is 789. The Labute approximate surface area is 158 Å². The molecule has 0 aliphatic rings. The fraction of sp³-hybridized carbons (Fsp3) is 0.294. The molecule has 0 bridgehead atoms. The Morgan fingerprint density at radius 1 is 0.517 bits per heavy atom. The summed E-state index contributed by atoms with van der Waals surface area (Å²) in [7, 11) is 0. The fourth-order valence-corrected chi connectivity index (χ4v) is 2.14. The number of benzene rings is 2. The zero-order chi connectivity index (χ0) is 21.9. The second kappa shape index (κ2) is 9.25. The maximum atomic E-state index is 13.6. The smallest absolute Gasteiger partial charge is 0.206 e. The first-order valence-corrected chi connectivity index (χ1v) is 7.89. The standard InChI is InChI=1S/C17H12F9NO2/c1-6-7(18)12(23)16(13(24)8(6)19)28-4-2-27-3-5-29-17-14(25)10(21)9(20)11(22)15(17)26/h27H,2-5H2,1H3. The van der Waals surface area contributed by atoms with Crippen LogP contribution in [0.3, 0.4) is 0 Å². The second-order valence-electron chi connectivity index (χ2n) is 5.56. The average Bonchev–Trinajstić information content (AvgIpc) is 2.71. The molecule has 0 aromatic heterocycles. The van der Waals surface area contributed by atoms with Gasteiger partial charge in [-0.1, -0.05) is 0 Å². The van der Waals surface area contributed by atoms with Crippen molar-refractivity contribution in [3.63, 3.8) is 0 Å². The molecule has 0 spiro atoms. The molecule has 29 heavy (non-hydrogen) atoms. The van der Waals surface area contributed by atoms with Gasteiger partial charge in [0, 0.05) is 18.7 Å². The molecular formula is C17H12F9NO2. The van der Waals surface area contributed by atoms with E-state index < -0.39 is 82.6 Å². The van der Waals surface area contributed by atoms with Crippen LogP contribution in [0.4, 0.5) is 39.5 Å². The average molecular weight is 433 g/mol. The van der Waals surface area contributed by atoms with Crippen LogP contribution in [0.2, 0.25) is 0 Å². The third kappa shape index (κ3) is 4.52. The zero-order valence-corrected chi connectivity index (χ0v) is 14.5. The Morgan fingerprint density at radius 3 is 1.21 bits per heavy atom. The first-order valence-electron chi connectivity index (χ1n) is 7.89. The molecule has 0 radical (unpaired) electrons. The minimum atomic E-state index is -2.33. The molecule has 0 fully saturated rings. The summed E-state index contributed by atoms with van der Waals surface area (Å²) in [6, 6.07) is 0. The van der Waals surface area contributed by atoms with Gasteiger partial charge in [-0.25, -0.2) is 22.0 Å². The van der Waals surface area contributed by atoms with Crippen molar-refractivity contribution in [1.82, 2.24) is 5.32 Å². The van der Waals surface area contributed by atoms with E-state index >= 15 is 0 Å². The minimum absolute atomic E-state index is 0.170. The summed E-state index contributed by atoms with van der Waals surface area (Å²) in [5, 5.41) is 2.50. The first kappa shape index (κ1) is 22.7. The Morgan fingerprint density at radius 2 is 0.828 bits per heavy atom. The lowest BCUT2D eigenvalue weighted by Gasteiger charge is -2.12.